The monoisotopic (exact) mass is 221 g/mol. The second-order valence-corrected chi connectivity index (χ2v) is 4.23. The van der Waals surface area contributed by atoms with Crippen LogP contribution >= 0.6 is 0 Å². The van der Waals surface area contributed by atoms with Gasteiger partial charge in [0.25, 0.3) is 0 Å². The molecular formula is C7H12N4O2S. The van der Waals surface area contributed by atoms with E-state index in [9.17, 15) is 8.42 Å². The Kier molecular flexibility index (Phi) is 1.56. The SMILES string of the molecule is [2H]C([2H])(N)c1nccnc1N(C([2H])([2H])[2H])S(C)(=O)=O. The van der Waals surface area contributed by atoms with E-state index >= 15 is 0 Å². The van der Waals surface area contributed by atoms with Gasteiger partial charge in [-0.2, -0.15) is 0 Å². The number of anilines is 1. The minimum Gasteiger partial charge on any atom is -0.325 e. The largest absolute Gasteiger partial charge is 0.325 e. The second-order valence-electron chi connectivity index (χ2n) is 2.40. The predicted molar refractivity (Wildman–Crippen MR) is 53.2 cm³/mol. The Morgan fingerprint density at radius 2 is 2.29 bits per heavy atom. The molecule has 0 saturated heterocycles. The minimum absolute atomic E-state index is 0.0209. The van der Waals surface area contributed by atoms with Gasteiger partial charge < -0.3 is 5.73 Å². The number of aromatic nitrogens is 2. The van der Waals surface area contributed by atoms with Gasteiger partial charge >= 0.3 is 0 Å². The van der Waals surface area contributed by atoms with Crippen molar-refractivity contribution in [2.24, 2.45) is 5.73 Å². The highest BCUT2D eigenvalue weighted by Gasteiger charge is 2.16. The van der Waals surface area contributed by atoms with Crippen LogP contribution in [0.2, 0.25) is 0 Å². The first-order chi connectivity index (χ1) is 8.35. The quantitative estimate of drug-likeness (QED) is 0.731. The molecule has 1 rings (SSSR count). The van der Waals surface area contributed by atoms with Crippen LogP contribution < -0.4 is 10.0 Å². The number of nitrogens with two attached hydrogens (primary N) is 1. The molecule has 0 aliphatic rings. The average molecular weight is 221 g/mol. The highest BCUT2D eigenvalue weighted by Crippen LogP contribution is 2.14. The van der Waals surface area contributed by atoms with Crippen molar-refractivity contribution in [2.75, 3.05) is 17.5 Å². The van der Waals surface area contributed by atoms with Crippen molar-refractivity contribution in [3.63, 3.8) is 0 Å². The molecule has 1 aromatic heterocycles. The van der Waals surface area contributed by atoms with Gasteiger partial charge in [0.15, 0.2) is 5.82 Å². The van der Waals surface area contributed by atoms with Gasteiger partial charge in [0, 0.05) is 32.7 Å². The molecule has 14 heavy (non-hydrogen) atoms. The van der Waals surface area contributed by atoms with Crippen molar-refractivity contribution in [1.82, 2.24) is 9.97 Å². The molecule has 0 bridgehead atoms. The molecule has 1 heterocycles. The van der Waals surface area contributed by atoms with Crippen LogP contribution in [0.4, 0.5) is 5.82 Å². The fourth-order valence-corrected chi connectivity index (χ4v) is 1.19. The van der Waals surface area contributed by atoms with Gasteiger partial charge in [-0.3, -0.25) is 9.29 Å². The van der Waals surface area contributed by atoms with E-state index in [1.165, 1.54) is 0 Å². The summed E-state index contributed by atoms with van der Waals surface area (Å²) < 4.78 is 59.6. The highest BCUT2D eigenvalue weighted by molar-refractivity contribution is 7.92. The maximum atomic E-state index is 11.6. The zero-order valence-corrected chi connectivity index (χ0v) is 8.11. The van der Waals surface area contributed by atoms with Crippen molar-refractivity contribution < 1.29 is 15.3 Å². The van der Waals surface area contributed by atoms with E-state index < -0.39 is 35.0 Å². The summed E-state index contributed by atoms with van der Waals surface area (Å²) in [6.45, 7) is -5.60. The minimum atomic E-state index is -4.21. The van der Waals surface area contributed by atoms with Gasteiger partial charge in [0.05, 0.1) is 11.9 Å². The van der Waals surface area contributed by atoms with Gasteiger partial charge in [-0.25, -0.2) is 13.4 Å². The smallest absolute Gasteiger partial charge is 0.233 e. The van der Waals surface area contributed by atoms with E-state index in [1.807, 2.05) is 0 Å². The van der Waals surface area contributed by atoms with Crippen molar-refractivity contribution >= 4 is 15.8 Å². The lowest BCUT2D eigenvalue weighted by atomic mass is 10.4. The molecule has 0 amide bonds. The summed E-state index contributed by atoms with van der Waals surface area (Å²) in [4.78, 5) is 7.16. The third-order valence-electron chi connectivity index (χ3n) is 1.34. The Bertz CT molecular complexity index is 568. The van der Waals surface area contributed by atoms with E-state index in [0.29, 0.717) is 6.26 Å². The van der Waals surface area contributed by atoms with Gasteiger partial charge in [-0.1, -0.05) is 0 Å². The van der Waals surface area contributed by atoms with Crippen LogP contribution in [0.15, 0.2) is 12.4 Å². The number of hydrogen-bond donors (Lipinski definition) is 1. The number of rotatable bonds is 3. The van der Waals surface area contributed by atoms with Gasteiger partial charge in [-0.15, -0.1) is 0 Å². The van der Waals surface area contributed by atoms with E-state index in [4.69, 9.17) is 12.6 Å². The molecule has 0 spiro atoms. The zero-order chi connectivity index (χ0) is 15.1. The zero-order valence-electron chi connectivity index (χ0n) is 12.3. The normalized spacial score (nSPS) is 18.6. The average Bonchev–Trinajstić information content (AvgIpc) is 2.11. The lowest BCUT2D eigenvalue weighted by Crippen LogP contribution is -2.27. The van der Waals surface area contributed by atoms with Crippen LogP contribution in [-0.4, -0.2) is 31.6 Å². The summed E-state index contributed by atoms with van der Waals surface area (Å²) in [6.07, 6.45) is 2.81. The summed E-state index contributed by atoms with van der Waals surface area (Å²) in [7, 11) is -4.21. The van der Waals surface area contributed by atoms with Gasteiger partial charge in [-0.05, 0) is 0 Å². The number of nitrogens with zero attached hydrogens (tertiary/aromatic N) is 3. The van der Waals surface area contributed by atoms with Gasteiger partial charge in [0.2, 0.25) is 10.0 Å². The Morgan fingerprint density at radius 3 is 2.79 bits per heavy atom. The summed E-state index contributed by atoms with van der Waals surface area (Å²) >= 11 is 0. The van der Waals surface area contributed by atoms with Crippen molar-refractivity contribution in [3.8, 4) is 0 Å². The molecule has 6 nitrogen and oxygen atoms in total. The molecular weight excluding hydrogens is 204 g/mol. The molecule has 0 unspecified atom stereocenters. The van der Waals surface area contributed by atoms with E-state index in [1.54, 1.807) is 0 Å². The Labute approximate surface area is 89.9 Å². The third kappa shape index (κ3) is 2.18. The fraction of sp³-hybridized carbons (Fsp3) is 0.429. The van der Waals surface area contributed by atoms with Crippen molar-refractivity contribution in [1.29, 1.82) is 0 Å². The fourth-order valence-electron chi connectivity index (χ4n) is 0.738. The molecule has 0 aromatic carbocycles. The van der Waals surface area contributed by atoms with Crippen LogP contribution in [0.5, 0.6) is 0 Å². The topological polar surface area (TPSA) is 89.2 Å². The Balaban J connectivity index is 3.59. The highest BCUT2D eigenvalue weighted by atomic mass is 32.2. The molecule has 0 atom stereocenters. The first-order valence-corrected chi connectivity index (χ1v) is 5.31. The molecule has 78 valence electrons. The van der Waals surface area contributed by atoms with Crippen LogP contribution in [0.25, 0.3) is 0 Å². The molecule has 0 fully saturated rings. The number of hydrogen-bond acceptors (Lipinski definition) is 5. The Morgan fingerprint density at radius 1 is 1.64 bits per heavy atom. The predicted octanol–water partition coefficient (Wildman–Crippen LogP) is -0.669. The lowest BCUT2D eigenvalue weighted by Gasteiger charge is -2.16. The van der Waals surface area contributed by atoms with Crippen LogP contribution in [0.1, 0.15) is 12.5 Å². The molecule has 0 saturated carbocycles. The molecule has 0 aliphatic carbocycles. The van der Waals surface area contributed by atoms with E-state index in [2.05, 4.69) is 9.97 Å². The molecule has 1 aromatic rings. The molecule has 0 radical (unpaired) electrons. The first kappa shape index (κ1) is 5.62. The Hall–Kier alpha value is -1.21. The van der Waals surface area contributed by atoms with Crippen molar-refractivity contribution in [2.45, 2.75) is 6.50 Å². The second kappa shape index (κ2) is 3.89. The van der Waals surface area contributed by atoms with Crippen molar-refractivity contribution in [3.05, 3.63) is 18.1 Å². The molecule has 2 N–H and O–H groups in total. The van der Waals surface area contributed by atoms with Crippen LogP contribution in [0.3, 0.4) is 0 Å². The van der Waals surface area contributed by atoms with Gasteiger partial charge in [0.1, 0.15) is 0 Å². The number of sulfonamides is 1. The molecule has 7 heteroatoms. The lowest BCUT2D eigenvalue weighted by molar-refractivity contribution is 0.599. The van der Waals surface area contributed by atoms with E-state index in [0.717, 1.165) is 12.4 Å². The molecule has 0 aliphatic heterocycles. The summed E-state index contributed by atoms with van der Waals surface area (Å²) in [5.41, 5.74) is 4.63. The summed E-state index contributed by atoms with van der Waals surface area (Å²) in [5.74, 6) is -0.655. The van der Waals surface area contributed by atoms with Crippen LogP contribution in [-0.2, 0) is 16.5 Å². The third-order valence-corrected chi connectivity index (χ3v) is 2.18. The maximum Gasteiger partial charge on any atom is 0.233 e. The first-order valence-electron chi connectivity index (χ1n) is 5.96. The van der Waals surface area contributed by atoms with E-state index in [-0.39, 0.29) is 4.31 Å². The summed E-state index contributed by atoms with van der Waals surface area (Å²) in [6, 6.07) is 0. The summed E-state index contributed by atoms with van der Waals surface area (Å²) in [5, 5.41) is 0. The standard InChI is InChI=1S/C7H12N4O2S/c1-11(14(2,12)13)7-6(5-8)9-3-4-10-7/h3-4H,5,8H2,1-2H3/i1D3,5D2. The maximum absolute atomic E-state index is 11.6. The van der Waals surface area contributed by atoms with Crippen LogP contribution in [0, 0.1) is 0 Å².